The zero-order chi connectivity index (χ0) is 23.9. The highest BCUT2D eigenvalue weighted by molar-refractivity contribution is 6.48. The van der Waals surface area contributed by atoms with Gasteiger partial charge in [0, 0.05) is 0 Å². The van der Waals surface area contributed by atoms with Crippen LogP contribution in [-0.2, 0) is 23.6 Å². The van der Waals surface area contributed by atoms with Crippen LogP contribution < -0.4 is 14.8 Å². The molecule has 9 nitrogen and oxygen atoms in total. The summed E-state index contributed by atoms with van der Waals surface area (Å²) in [5.41, 5.74) is -1.40. The molecule has 1 aromatic rings. The molecule has 0 radical (unpaired) electrons. The summed E-state index contributed by atoms with van der Waals surface area (Å²) < 4.78 is 33.9. The number of esters is 1. The summed E-state index contributed by atoms with van der Waals surface area (Å²) >= 11 is 0. The minimum Gasteiger partial charge on any atom is -0.467 e. The molecule has 1 fully saturated rings. The molecule has 0 aliphatic carbocycles. The van der Waals surface area contributed by atoms with Gasteiger partial charge in [-0.05, 0) is 66.2 Å². The molecule has 1 N–H and O–H groups in total. The van der Waals surface area contributed by atoms with Crippen molar-refractivity contribution in [3.63, 3.8) is 0 Å². The van der Waals surface area contributed by atoms with Crippen LogP contribution in [-0.4, -0.2) is 55.9 Å². The fourth-order valence-corrected chi connectivity index (χ4v) is 3.52. The van der Waals surface area contributed by atoms with Gasteiger partial charge in [0.1, 0.15) is 11.6 Å². The highest BCUT2D eigenvalue weighted by Gasteiger charge is 2.57. The molecule has 2 atom stereocenters. The Balaban J connectivity index is 2.03. The maximum absolute atomic E-state index is 12.9. The molecule has 1 aromatic carbocycles. The van der Waals surface area contributed by atoms with Gasteiger partial charge in [-0.15, -0.1) is 0 Å². The van der Waals surface area contributed by atoms with E-state index in [1.54, 1.807) is 39.0 Å². The van der Waals surface area contributed by atoms with Gasteiger partial charge < -0.3 is 33.6 Å². The molecule has 2 aliphatic heterocycles. The van der Waals surface area contributed by atoms with Crippen molar-refractivity contribution in [3.05, 3.63) is 23.8 Å². The Bertz CT molecular complexity index is 863. The standard InChI is InChI=1S/C22H32BNO8/c1-20(2,3)30-19(26)24-17(18(25)27-8)16(23-31-21(4,5)22(6,7)32-23)13-9-10-14-15(11-13)29-12-28-14/h9-11,16-17H,12H2,1-8H3,(H,24,26)/t16-,17-/m1/s1. The molecule has 10 heteroatoms. The lowest BCUT2D eigenvalue weighted by atomic mass is 9.63. The summed E-state index contributed by atoms with van der Waals surface area (Å²) in [5.74, 6) is -0.292. The van der Waals surface area contributed by atoms with Crippen molar-refractivity contribution < 1.29 is 37.8 Å². The molecular weight excluding hydrogens is 417 g/mol. The number of carbonyl (C=O) groups is 2. The fourth-order valence-electron chi connectivity index (χ4n) is 3.52. The zero-order valence-corrected chi connectivity index (χ0v) is 19.9. The molecule has 0 bridgehead atoms. The highest BCUT2D eigenvalue weighted by Crippen LogP contribution is 2.43. The molecule has 2 heterocycles. The van der Waals surface area contributed by atoms with Crippen LogP contribution in [0.3, 0.4) is 0 Å². The van der Waals surface area contributed by atoms with Crippen molar-refractivity contribution in [3.8, 4) is 11.5 Å². The topological polar surface area (TPSA) is 102 Å². The van der Waals surface area contributed by atoms with Crippen LogP contribution in [0.4, 0.5) is 4.79 Å². The number of methoxy groups -OCH3 is 1. The van der Waals surface area contributed by atoms with E-state index in [4.69, 9.17) is 28.3 Å². The summed E-state index contributed by atoms with van der Waals surface area (Å²) in [6.07, 6.45) is -0.754. The lowest BCUT2D eigenvalue weighted by Gasteiger charge is -2.32. The molecule has 0 unspecified atom stereocenters. The van der Waals surface area contributed by atoms with Crippen molar-refractivity contribution in [2.45, 2.75) is 77.1 Å². The first-order chi connectivity index (χ1) is 14.7. The van der Waals surface area contributed by atoms with E-state index in [0.717, 1.165) is 0 Å². The second-order valence-corrected chi connectivity index (χ2v) is 9.91. The number of rotatable bonds is 5. The molecular formula is C22H32BNO8. The van der Waals surface area contributed by atoms with Crippen molar-refractivity contribution in [2.75, 3.05) is 13.9 Å². The number of benzene rings is 1. The molecule has 0 saturated carbocycles. The van der Waals surface area contributed by atoms with Crippen LogP contribution in [0, 0.1) is 0 Å². The van der Waals surface area contributed by atoms with Crippen LogP contribution >= 0.6 is 0 Å². The van der Waals surface area contributed by atoms with Crippen molar-refractivity contribution in [1.82, 2.24) is 5.32 Å². The summed E-state index contributed by atoms with van der Waals surface area (Å²) in [6, 6.07) is 4.14. The average molecular weight is 449 g/mol. The summed E-state index contributed by atoms with van der Waals surface area (Å²) in [5, 5.41) is 2.65. The number of hydrogen-bond acceptors (Lipinski definition) is 8. The van der Waals surface area contributed by atoms with E-state index >= 15 is 0 Å². The van der Waals surface area contributed by atoms with E-state index in [0.29, 0.717) is 17.1 Å². The lowest BCUT2D eigenvalue weighted by molar-refractivity contribution is -0.143. The molecule has 176 valence electrons. The molecule has 2 aliphatic rings. The van der Waals surface area contributed by atoms with Gasteiger partial charge in [-0.1, -0.05) is 6.07 Å². The molecule has 32 heavy (non-hydrogen) atoms. The molecule has 0 spiro atoms. The summed E-state index contributed by atoms with van der Waals surface area (Å²) in [6.45, 7) is 13.0. The molecule has 1 saturated heterocycles. The van der Waals surface area contributed by atoms with E-state index in [1.165, 1.54) is 7.11 Å². The second-order valence-electron chi connectivity index (χ2n) is 9.91. The van der Waals surface area contributed by atoms with E-state index in [1.807, 2.05) is 27.7 Å². The summed E-state index contributed by atoms with van der Waals surface area (Å²) in [4.78, 5) is 25.5. The highest BCUT2D eigenvalue weighted by atomic mass is 16.7. The van der Waals surface area contributed by atoms with Crippen LogP contribution in [0.1, 0.15) is 59.8 Å². The van der Waals surface area contributed by atoms with Crippen LogP contribution in [0.5, 0.6) is 11.5 Å². The van der Waals surface area contributed by atoms with Gasteiger partial charge in [-0.25, -0.2) is 9.59 Å². The monoisotopic (exact) mass is 449 g/mol. The Hall–Kier alpha value is -2.46. The number of hydrogen-bond donors (Lipinski definition) is 1. The third-order valence-electron chi connectivity index (χ3n) is 5.83. The smallest absolute Gasteiger partial charge is 0.467 e. The second kappa shape index (κ2) is 8.48. The predicted octanol–water partition coefficient (Wildman–Crippen LogP) is 3.20. The van der Waals surface area contributed by atoms with Gasteiger partial charge in [0.2, 0.25) is 6.79 Å². The third-order valence-corrected chi connectivity index (χ3v) is 5.83. The Morgan fingerprint density at radius 2 is 1.66 bits per heavy atom. The molecule has 0 aromatic heterocycles. The Morgan fingerprint density at radius 3 is 2.22 bits per heavy atom. The van der Waals surface area contributed by atoms with Gasteiger partial charge in [-0.2, -0.15) is 0 Å². The molecule has 3 rings (SSSR count). The Labute approximate surface area is 189 Å². The van der Waals surface area contributed by atoms with E-state index in [-0.39, 0.29) is 6.79 Å². The van der Waals surface area contributed by atoms with Crippen LogP contribution in [0.2, 0.25) is 0 Å². The maximum Gasteiger partial charge on any atom is 0.468 e. The largest absolute Gasteiger partial charge is 0.468 e. The zero-order valence-electron chi connectivity index (χ0n) is 19.9. The number of carbonyl (C=O) groups excluding carboxylic acids is 2. The van der Waals surface area contributed by atoms with Gasteiger partial charge in [0.25, 0.3) is 0 Å². The number of ether oxygens (including phenoxy) is 4. The molecule has 1 amide bonds. The third kappa shape index (κ3) is 4.96. The maximum atomic E-state index is 12.9. The van der Waals surface area contributed by atoms with Crippen LogP contribution in [0.15, 0.2) is 18.2 Å². The Kier molecular flexibility index (Phi) is 6.41. The summed E-state index contributed by atoms with van der Waals surface area (Å²) in [7, 11) is 0.395. The first kappa shape index (κ1) is 24.2. The number of nitrogens with one attached hydrogen (secondary N) is 1. The number of fused-ring (bicyclic) bond motifs is 1. The number of amides is 1. The number of alkyl carbamates (subject to hydrolysis) is 1. The lowest BCUT2D eigenvalue weighted by Crippen LogP contribution is -2.52. The first-order valence-electron chi connectivity index (χ1n) is 10.6. The minimum atomic E-state index is -1.15. The van der Waals surface area contributed by atoms with Crippen molar-refractivity contribution in [1.29, 1.82) is 0 Å². The quantitative estimate of drug-likeness (QED) is 0.540. The van der Waals surface area contributed by atoms with Gasteiger partial charge in [0.05, 0.1) is 24.1 Å². The Morgan fingerprint density at radius 1 is 1.06 bits per heavy atom. The van der Waals surface area contributed by atoms with Gasteiger partial charge >= 0.3 is 19.2 Å². The normalized spacial score (nSPS) is 20.4. The average Bonchev–Trinajstić information content (AvgIpc) is 3.20. The van der Waals surface area contributed by atoms with Gasteiger partial charge in [-0.3, -0.25) is 0 Å². The SMILES string of the molecule is COC(=O)[C@H](NC(=O)OC(C)(C)C)[C@H](B1OC(C)(C)C(C)(C)O1)c1ccc2c(c1)OCO2. The van der Waals surface area contributed by atoms with Crippen LogP contribution in [0.25, 0.3) is 0 Å². The van der Waals surface area contributed by atoms with E-state index in [2.05, 4.69) is 5.32 Å². The van der Waals surface area contributed by atoms with E-state index < -0.39 is 47.8 Å². The van der Waals surface area contributed by atoms with Gasteiger partial charge in [0.15, 0.2) is 11.5 Å². The van der Waals surface area contributed by atoms with Crippen molar-refractivity contribution in [2.24, 2.45) is 0 Å². The van der Waals surface area contributed by atoms with Crippen molar-refractivity contribution >= 4 is 19.2 Å². The minimum absolute atomic E-state index is 0.108. The fraction of sp³-hybridized carbons (Fsp3) is 0.636. The predicted molar refractivity (Wildman–Crippen MR) is 117 cm³/mol. The first-order valence-corrected chi connectivity index (χ1v) is 10.6. The van der Waals surface area contributed by atoms with E-state index in [9.17, 15) is 9.59 Å².